The van der Waals surface area contributed by atoms with Crippen LogP contribution in [0.3, 0.4) is 0 Å². The average Bonchev–Trinajstić information content (AvgIpc) is 1.45. The second-order valence-corrected chi connectivity index (χ2v) is 30.3. The average molecular weight is 1480 g/mol. The molecule has 0 amide bonds. The molecule has 0 aliphatic heterocycles. The van der Waals surface area contributed by atoms with Crippen molar-refractivity contribution >= 4 is 121 Å². The largest absolute Gasteiger partial charge is 0.310 e. The maximum atomic E-state index is 2.49. The third-order valence-corrected chi connectivity index (χ3v) is 23.7. The molecule has 0 saturated heterocycles. The van der Waals surface area contributed by atoms with Crippen LogP contribution in [0.5, 0.6) is 0 Å². The fraction of sp³-hybridized carbons (Fsp3) is 0. The Morgan fingerprint density at radius 2 is 0.526 bits per heavy atom. The first kappa shape index (κ1) is 67.5. The Hall–Kier alpha value is -15.4. The zero-order valence-electron chi connectivity index (χ0n) is 63.5. The second-order valence-electron chi connectivity index (χ2n) is 30.3. The maximum absolute atomic E-state index is 2.49. The van der Waals surface area contributed by atoms with Gasteiger partial charge < -0.3 is 18.9 Å². The van der Waals surface area contributed by atoms with E-state index < -0.39 is 0 Å². The number of fused-ring (bicyclic) bond motifs is 10. The van der Waals surface area contributed by atoms with Gasteiger partial charge in [0.2, 0.25) is 0 Å². The minimum absolute atomic E-state index is 1.04. The fourth-order valence-corrected chi connectivity index (χ4v) is 18.2. The van der Waals surface area contributed by atoms with Gasteiger partial charge in [0.15, 0.2) is 0 Å². The van der Waals surface area contributed by atoms with Crippen LogP contribution in [0.25, 0.3) is 176 Å². The second kappa shape index (κ2) is 28.4. The Bertz CT molecular complexity index is 7500. The quantitative estimate of drug-likeness (QED) is 0.102. The van der Waals surface area contributed by atoms with Crippen molar-refractivity contribution in [1.29, 1.82) is 0 Å². The number of aromatic nitrogens is 2. The van der Waals surface area contributed by atoms with Crippen LogP contribution in [0.4, 0.5) is 34.1 Å². The fourth-order valence-electron chi connectivity index (χ4n) is 18.2. The Morgan fingerprint density at radius 1 is 0.155 bits per heavy atom. The topological polar surface area (TPSA) is 16.3 Å². The van der Waals surface area contributed by atoms with Crippen molar-refractivity contribution in [2.24, 2.45) is 0 Å². The summed E-state index contributed by atoms with van der Waals surface area (Å²) in [5, 5.41) is 14.5. The zero-order chi connectivity index (χ0) is 76.6. The lowest BCUT2D eigenvalue weighted by Gasteiger charge is -2.31. The number of nitrogens with zero attached hydrogens (tertiary/aromatic N) is 4. The number of anilines is 6. The van der Waals surface area contributed by atoms with Crippen LogP contribution >= 0.6 is 0 Å². The summed E-state index contributed by atoms with van der Waals surface area (Å²) in [6.07, 6.45) is 0. The Morgan fingerprint density at radius 3 is 1.09 bits per heavy atom. The Kier molecular flexibility index (Phi) is 16.6. The van der Waals surface area contributed by atoms with Crippen molar-refractivity contribution in [1.82, 2.24) is 9.13 Å². The van der Waals surface area contributed by atoms with Gasteiger partial charge in [-0.05, 0) is 225 Å². The lowest BCUT2D eigenvalue weighted by atomic mass is 9.93. The summed E-state index contributed by atoms with van der Waals surface area (Å²) in [6, 6.07) is 166. The van der Waals surface area contributed by atoms with Crippen molar-refractivity contribution < 1.29 is 0 Å². The molecule has 542 valence electrons. The SMILES string of the molecule is c1ccc(-c2ccc(-c3cccc4ccccc34)cc2N(c2ccc(-c3ccc4ccccc4c3)cc2)c2ccc(-n3c4ccccc4c4cc(-c5cccc6cc(-c7ccc(N(c8cc(-c9cccc%10ccccc9%10)ccc8-c8ccccc8)c8ccccc8-n8c9ccccc9c9ccccc98)cc7)ccc56)ccc43)cc2)cc1. The third-order valence-electron chi connectivity index (χ3n) is 23.7. The molecule has 2 aromatic heterocycles. The van der Waals surface area contributed by atoms with Crippen molar-refractivity contribution in [2.45, 2.75) is 0 Å². The highest BCUT2D eigenvalue weighted by atomic mass is 15.2. The summed E-state index contributed by atoms with van der Waals surface area (Å²) < 4.78 is 4.89. The van der Waals surface area contributed by atoms with Crippen molar-refractivity contribution in [3.8, 4) is 89.3 Å². The highest BCUT2D eigenvalue weighted by Crippen LogP contribution is 2.50. The molecule has 0 aliphatic carbocycles. The molecule has 20 aromatic carbocycles. The molecule has 0 N–H and O–H groups in total. The summed E-state index contributed by atoms with van der Waals surface area (Å²) in [5.41, 5.74) is 29.4. The van der Waals surface area contributed by atoms with Gasteiger partial charge in [0.25, 0.3) is 0 Å². The molecule has 0 fully saturated rings. The molecule has 2 heterocycles. The van der Waals surface area contributed by atoms with Gasteiger partial charge >= 0.3 is 0 Å². The number of para-hydroxylation sites is 5. The van der Waals surface area contributed by atoms with E-state index in [1.54, 1.807) is 0 Å². The first-order valence-electron chi connectivity index (χ1n) is 39.9. The normalized spacial score (nSPS) is 11.6. The maximum Gasteiger partial charge on any atom is 0.0702 e. The summed E-state index contributed by atoms with van der Waals surface area (Å²) in [6.45, 7) is 0. The number of hydrogen-bond acceptors (Lipinski definition) is 2. The van der Waals surface area contributed by atoms with Crippen LogP contribution in [0, 0.1) is 0 Å². The first-order chi connectivity index (χ1) is 57.5. The zero-order valence-corrected chi connectivity index (χ0v) is 63.5. The lowest BCUT2D eigenvalue weighted by Crippen LogP contribution is -2.14. The van der Waals surface area contributed by atoms with Crippen LogP contribution in [0.15, 0.2) is 449 Å². The van der Waals surface area contributed by atoms with Gasteiger partial charge in [-0.25, -0.2) is 0 Å². The van der Waals surface area contributed by atoms with Gasteiger partial charge in [-0.15, -0.1) is 0 Å². The van der Waals surface area contributed by atoms with Crippen LogP contribution in [0.2, 0.25) is 0 Å². The van der Waals surface area contributed by atoms with Crippen LogP contribution < -0.4 is 9.80 Å². The highest BCUT2D eigenvalue weighted by Gasteiger charge is 2.26. The minimum Gasteiger partial charge on any atom is -0.310 e. The van der Waals surface area contributed by atoms with Gasteiger partial charge in [0.05, 0.1) is 44.8 Å². The van der Waals surface area contributed by atoms with E-state index in [-0.39, 0.29) is 0 Å². The first-order valence-corrected chi connectivity index (χ1v) is 39.9. The monoisotopic (exact) mass is 1470 g/mol. The molecule has 0 saturated carbocycles. The Balaban J connectivity index is 0.631. The summed E-state index contributed by atoms with van der Waals surface area (Å²) in [5.74, 6) is 0. The molecule has 22 rings (SSSR count). The van der Waals surface area contributed by atoms with E-state index in [1.165, 1.54) is 92.5 Å². The smallest absolute Gasteiger partial charge is 0.0702 e. The number of rotatable bonds is 15. The van der Waals surface area contributed by atoms with E-state index in [0.717, 1.165) is 118 Å². The van der Waals surface area contributed by atoms with E-state index in [9.17, 15) is 0 Å². The summed E-state index contributed by atoms with van der Waals surface area (Å²) in [4.78, 5) is 4.94. The predicted octanol–water partition coefficient (Wildman–Crippen LogP) is 31.1. The predicted molar refractivity (Wildman–Crippen MR) is 493 cm³/mol. The molecule has 22 aromatic rings. The molecule has 0 unspecified atom stereocenters. The molecule has 4 heteroatoms. The molecule has 4 nitrogen and oxygen atoms in total. The molecule has 0 bridgehead atoms. The molecule has 116 heavy (non-hydrogen) atoms. The van der Waals surface area contributed by atoms with Crippen molar-refractivity contribution in [3.05, 3.63) is 449 Å². The standard InChI is InChI=1S/C112H74N4/c1-3-25-80(26-4-1)99-67-55-87(96-40-21-32-78-29-9-11-35-93(78)96)73-111(99)113(89-58-50-76(51-59-89)83-49-48-75-24-7-8-31-82(75)70-83)90-62-64-92(65-63-90)114-105-43-16-15-39-103(105)104-72-86(57-69-108(104)114)95-42-23-34-85-71-84(54-66-98(85)95)77-52-60-91(61-53-77)115(109-46-19-20-47-110(109)116-106-44-17-13-37-101(106)102-38-14-18-45-107(102)116)112-74-88(56-68-100(112)81-27-5-2-6-28-81)97-41-22-33-79-30-10-12-36-94(79)97/h1-74H. The van der Waals surface area contributed by atoms with Crippen LogP contribution in [0.1, 0.15) is 0 Å². The van der Waals surface area contributed by atoms with Gasteiger partial charge in [-0.3, -0.25) is 0 Å². The minimum atomic E-state index is 1.04. The molecule has 0 atom stereocenters. The van der Waals surface area contributed by atoms with Gasteiger partial charge in [-0.2, -0.15) is 0 Å². The van der Waals surface area contributed by atoms with E-state index in [0.29, 0.717) is 0 Å². The number of benzene rings is 20. The van der Waals surface area contributed by atoms with Crippen LogP contribution in [-0.2, 0) is 0 Å². The lowest BCUT2D eigenvalue weighted by molar-refractivity contribution is 1.15. The van der Waals surface area contributed by atoms with E-state index in [4.69, 9.17) is 0 Å². The molecule has 0 aliphatic rings. The van der Waals surface area contributed by atoms with E-state index in [1.807, 2.05) is 0 Å². The van der Waals surface area contributed by atoms with Gasteiger partial charge in [-0.1, -0.05) is 334 Å². The molecule has 0 spiro atoms. The van der Waals surface area contributed by atoms with E-state index >= 15 is 0 Å². The molecular formula is C112H74N4. The summed E-state index contributed by atoms with van der Waals surface area (Å²) in [7, 11) is 0. The summed E-state index contributed by atoms with van der Waals surface area (Å²) >= 11 is 0. The third kappa shape index (κ3) is 11.8. The van der Waals surface area contributed by atoms with Gasteiger partial charge in [0, 0.05) is 55.4 Å². The Labute approximate surface area is 673 Å². The highest BCUT2D eigenvalue weighted by molar-refractivity contribution is 6.13. The van der Waals surface area contributed by atoms with Crippen LogP contribution in [-0.4, -0.2) is 9.13 Å². The van der Waals surface area contributed by atoms with Crippen molar-refractivity contribution in [2.75, 3.05) is 9.80 Å². The van der Waals surface area contributed by atoms with Gasteiger partial charge in [0.1, 0.15) is 0 Å². The number of hydrogen-bond donors (Lipinski definition) is 0. The van der Waals surface area contributed by atoms with Crippen molar-refractivity contribution in [3.63, 3.8) is 0 Å². The van der Waals surface area contributed by atoms with E-state index in [2.05, 4.69) is 468 Å². The molecule has 0 radical (unpaired) electrons. The molecular weight excluding hydrogens is 1400 g/mol.